The third-order valence-corrected chi connectivity index (χ3v) is 5.46. The molecule has 1 aliphatic heterocycles. The van der Waals surface area contributed by atoms with Gasteiger partial charge in [-0.1, -0.05) is 0 Å². The number of aromatic nitrogens is 4. The van der Waals surface area contributed by atoms with Crippen molar-refractivity contribution in [1.82, 2.24) is 24.5 Å². The fourth-order valence-corrected chi connectivity index (χ4v) is 3.84. The molecule has 1 unspecified atom stereocenters. The van der Waals surface area contributed by atoms with Crippen LogP contribution in [0.2, 0.25) is 0 Å². The van der Waals surface area contributed by atoms with Crippen LogP contribution < -0.4 is 5.32 Å². The van der Waals surface area contributed by atoms with Gasteiger partial charge in [0.05, 0.1) is 17.6 Å². The Morgan fingerprint density at radius 3 is 2.93 bits per heavy atom. The molecule has 2 amide bonds. The third kappa shape index (κ3) is 3.26. The number of H-pyrrole nitrogens is 1. The summed E-state index contributed by atoms with van der Waals surface area (Å²) in [6, 6.07) is 2.02. The Hall–Kier alpha value is -3.16. The lowest BCUT2D eigenvalue weighted by Gasteiger charge is -2.32. The van der Waals surface area contributed by atoms with Crippen molar-refractivity contribution >= 4 is 23.1 Å². The number of hydrogen-bond donors (Lipinski definition) is 2. The number of rotatable bonds is 3. The summed E-state index contributed by atoms with van der Waals surface area (Å²) in [6.45, 7) is 6.80. The number of aromatic amines is 1. The highest BCUT2D eigenvalue weighted by molar-refractivity contribution is 5.93. The smallest absolute Gasteiger partial charge is 0.274 e. The first-order valence-corrected chi connectivity index (χ1v) is 9.49. The van der Waals surface area contributed by atoms with E-state index in [0.29, 0.717) is 24.5 Å². The first-order valence-electron chi connectivity index (χ1n) is 9.49. The first-order chi connectivity index (χ1) is 13.4. The number of piperidine rings is 1. The molecular formula is C20H24N6O2. The highest BCUT2D eigenvalue weighted by Gasteiger charge is 2.29. The normalized spacial score (nSPS) is 17.1. The maximum absolute atomic E-state index is 13.1. The number of fused-ring (bicyclic) bond motifs is 1. The van der Waals surface area contributed by atoms with Crippen LogP contribution in [-0.2, 0) is 4.79 Å². The summed E-state index contributed by atoms with van der Waals surface area (Å²) in [6.07, 6.45) is 7.17. The molecule has 1 saturated heterocycles. The van der Waals surface area contributed by atoms with E-state index in [1.807, 2.05) is 35.4 Å². The molecule has 1 fully saturated rings. The lowest BCUT2D eigenvalue weighted by molar-refractivity contribution is -0.114. The van der Waals surface area contributed by atoms with Crippen LogP contribution in [-0.4, -0.2) is 49.4 Å². The highest BCUT2D eigenvalue weighted by atomic mass is 16.2. The van der Waals surface area contributed by atoms with Gasteiger partial charge in [-0.25, -0.2) is 4.98 Å². The number of nitrogens with one attached hydrogen (secondary N) is 2. The minimum Gasteiger partial charge on any atom is -0.337 e. The van der Waals surface area contributed by atoms with Gasteiger partial charge in [-0.2, -0.15) is 5.10 Å². The molecule has 0 saturated carbocycles. The van der Waals surface area contributed by atoms with Crippen LogP contribution in [0, 0.1) is 13.8 Å². The lowest BCUT2D eigenvalue weighted by atomic mass is 9.94. The van der Waals surface area contributed by atoms with Crippen molar-refractivity contribution in [2.45, 2.75) is 39.5 Å². The van der Waals surface area contributed by atoms with Crippen LogP contribution in [0.4, 0.5) is 5.69 Å². The molecule has 0 aliphatic carbocycles. The second-order valence-corrected chi connectivity index (χ2v) is 7.45. The van der Waals surface area contributed by atoms with E-state index in [9.17, 15) is 9.59 Å². The number of imidazole rings is 1. The Balaban J connectivity index is 1.56. The monoisotopic (exact) mass is 380 g/mol. The number of amides is 2. The zero-order valence-electron chi connectivity index (χ0n) is 16.3. The van der Waals surface area contributed by atoms with Crippen LogP contribution >= 0.6 is 0 Å². The molecule has 3 aromatic rings. The molecule has 1 atom stereocenters. The number of carbonyl (C=O) groups is 2. The van der Waals surface area contributed by atoms with Crippen molar-refractivity contribution in [3.63, 3.8) is 0 Å². The fraction of sp³-hybridized carbons (Fsp3) is 0.400. The number of aryl methyl sites for hydroxylation is 2. The summed E-state index contributed by atoms with van der Waals surface area (Å²) in [5.74, 6) is -0.101. The summed E-state index contributed by atoms with van der Waals surface area (Å²) in [5, 5.41) is 9.86. The molecule has 28 heavy (non-hydrogen) atoms. The predicted octanol–water partition coefficient (Wildman–Crippen LogP) is 2.65. The van der Waals surface area contributed by atoms with Gasteiger partial charge >= 0.3 is 0 Å². The third-order valence-electron chi connectivity index (χ3n) is 5.46. The van der Waals surface area contributed by atoms with Gasteiger partial charge in [0, 0.05) is 38.3 Å². The Labute approximate surface area is 162 Å². The van der Waals surface area contributed by atoms with E-state index >= 15 is 0 Å². The van der Waals surface area contributed by atoms with Gasteiger partial charge in [-0.3, -0.25) is 14.7 Å². The van der Waals surface area contributed by atoms with E-state index in [0.717, 1.165) is 35.3 Å². The number of hydrogen-bond acceptors (Lipinski definition) is 4. The molecular weight excluding hydrogens is 356 g/mol. The first kappa shape index (κ1) is 18.2. The van der Waals surface area contributed by atoms with Crippen LogP contribution in [0.1, 0.15) is 53.0 Å². The van der Waals surface area contributed by atoms with Crippen LogP contribution in [0.25, 0.3) is 5.65 Å². The van der Waals surface area contributed by atoms with Crippen molar-refractivity contribution in [3.05, 3.63) is 47.2 Å². The molecule has 4 heterocycles. The highest BCUT2D eigenvalue weighted by Crippen LogP contribution is 2.31. The number of nitrogens with zero attached hydrogens (tertiary/aromatic N) is 4. The van der Waals surface area contributed by atoms with Crippen molar-refractivity contribution < 1.29 is 9.59 Å². The molecule has 4 rings (SSSR count). The summed E-state index contributed by atoms with van der Waals surface area (Å²) in [4.78, 5) is 30.9. The molecule has 1 aliphatic rings. The predicted molar refractivity (Wildman–Crippen MR) is 105 cm³/mol. The molecule has 0 radical (unpaired) electrons. The van der Waals surface area contributed by atoms with Gasteiger partial charge in [-0.05, 0) is 43.9 Å². The summed E-state index contributed by atoms with van der Waals surface area (Å²) in [7, 11) is 0. The molecule has 2 N–H and O–H groups in total. The van der Waals surface area contributed by atoms with Crippen molar-refractivity contribution in [2.75, 3.05) is 18.4 Å². The second-order valence-electron chi connectivity index (χ2n) is 7.45. The van der Waals surface area contributed by atoms with Crippen molar-refractivity contribution in [1.29, 1.82) is 0 Å². The van der Waals surface area contributed by atoms with Gasteiger partial charge < -0.3 is 14.6 Å². The zero-order valence-corrected chi connectivity index (χ0v) is 16.3. The second kappa shape index (κ2) is 7.10. The molecule has 0 spiro atoms. The average molecular weight is 380 g/mol. The minimum atomic E-state index is -0.137. The molecule has 8 nitrogen and oxygen atoms in total. The Kier molecular flexibility index (Phi) is 4.62. The Morgan fingerprint density at radius 1 is 1.32 bits per heavy atom. The van der Waals surface area contributed by atoms with Gasteiger partial charge in [-0.15, -0.1) is 0 Å². The molecule has 8 heteroatoms. The topological polar surface area (TPSA) is 95.4 Å². The van der Waals surface area contributed by atoms with Gasteiger partial charge in [0.1, 0.15) is 11.3 Å². The van der Waals surface area contributed by atoms with E-state index in [2.05, 4.69) is 20.5 Å². The van der Waals surface area contributed by atoms with Crippen LogP contribution in [0.3, 0.4) is 0 Å². The van der Waals surface area contributed by atoms with E-state index in [1.165, 1.54) is 6.92 Å². The standard InChI is InChI=1S/C20H24N6O2/c1-12-6-8-25-11-17(23-19(25)13(12)2)20(28)26-7-4-5-15(10-26)18-16(9-21-24-18)22-14(3)27/h6,8-9,11,15H,4-5,7,10H2,1-3H3,(H,21,24)(H,22,27). The summed E-state index contributed by atoms with van der Waals surface area (Å²) >= 11 is 0. The quantitative estimate of drug-likeness (QED) is 0.730. The molecule has 146 valence electrons. The van der Waals surface area contributed by atoms with Crippen LogP contribution in [0.5, 0.6) is 0 Å². The number of anilines is 1. The fourth-order valence-electron chi connectivity index (χ4n) is 3.84. The lowest BCUT2D eigenvalue weighted by Crippen LogP contribution is -2.39. The Bertz CT molecular complexity index is 1050. The zero-order chi connectivity index (χ0) is 19.8. The van der Waals surface area contributed by atoms with E-state index in [4.69, 9.17) is 0 Å². The average Bonchev–Trinajstić information content (AvgIpc) is 3.31. The van der Waals surface area contributed by atoms with Crippen molar-refractivity contribution in [3.8, 4) is 0 Å². The maximum atomic E-state index is 13.1. The van der Waals surface area contributed by atoms with Gasteiger partial charge in [0.2, 0.25) is 5.91 Å². The molecule has 0 aromatic carbocycles. The van der Waals surface area contributed by atoms with E-state index in [1.54, 1.807) is 12.4 Å². The number of likely N-dealkylation sites (tertiary alicyclic amines) is 1. The maximum Gasteiger partial charge on any atom is 0.274 e. The SMILES string of the molecule is CC(=O)Nc1cn[nH]c1C1CCCN(C(=O)c2cn3ccc(C)c(C)c3n2)C1. The number of carbonyl (C=O) groups excluding carboxylic acids is 2. The Morgan fingerprint density at radius 2 is 2.14 bits per heavy atom. The van der Waals surface area contributed by atoms with E-state index in [-0.39, 0.29) is 17.7 Å². The largest absolute Gasteiger partial charge is 0.337 e. The summed E-state index contributed by atoms with van der Waals surface area (Å²) < 4.78 is 1.90. The van der Waals surface area contributed by atoms with Gasteiger partial charge in [0.15, 0.2) is 0 Å². The van der Waals surface area contributed by atoms with E-state index < -0.39 is 0 Å². The molecule has 3 aromatic heterocycles. The minimum absolute atomic E-state index is 0.0638. The van der Waals surface area contributed by atoms with Crippen LogP contribution in [0.15, 0.2) is 24.7 Å². The number of pyridine rings is 1. The van der Waals surface area contributed by atoms with Crippen molar-refractivity contribution in [2.24, 2.45) is 0 Å². The van der Waals surface area contributed by atoms with Gasteiger partial charge in [0.25, 0.3) is 5.91 Å². The summed E-state index contributed by atoms with van der Waals surface area (Å²) in [5.41, 5.74) is 5.06. The molecule has 0 bridgehead atoms.